The zero-order chi connectivity index (χ0) is 13.6. The maximum Gasteiger partial charge on any atom is 0.399 e. The molecule has 2 rings (SSSR count). The number of nitrogens with one attached hydrogen (secondary N) is 1. The van der Waals surface area contributed by atoms with Crippen molar-refractivity contribution in [1.29, 1.82) is 0 Å². The van der Waals surface area contributed by atoms with Gasteiger partial charge >= 0.3 is 6.18 Å². The smallest absolute Gasteiger partial charge is 0.315 e. The predicted molar refractivity (Wildman–Crippen MR) is 61.6 cm³/mol. The van der Waals surface area contributed by atoms with Crippen LogP contribution in [-0.2, 0) is 5.41 Å². The summed E-state index contributed by atoms with van der Waals surface area (Å²) in [7, 11) is 0. The molecule has 1 heterocycles. The first-order chi connectivity index (χ1) is 8.28. The van der Waals surface area contributed by atoms with Crippen LogP contribution in [0.25, 0.3) is 0 Å². The molecule has 100 valence electrons. The Morgan fingerprint density at radius 3 is 2.39 bits per heavy atom. The van der Waals surface area contributed by atoms with E-state index >= 15 is 0 Å². The van der Waals surface area contributed by atoms with E-state index in [1.165, 1.54) is 0 Å². The van der Waals surface area contributed by atoms with Crippen LogP contribution in [0.1, 0.15) is 12.0 Å². The van der Waals surface area contributed by atoms with Crippen molar-refractivity contribution < 1.29 is 17.6 Å². The lowest BCUT2D eigenvalue weighted by atomic mass is 9.78. The quantitative estimate of drug-likeness (QED) is 0.612. The van der Waals surface area contributed by atoms with Gasteiger partial charge < -0.3 is 5.32 Å². The fourth-order valence-electron chi connectivity index (χ4n) is 2.22. The molecule has 1 unspecified atom stereocenters. The predicted octanol–water partition coefficient (Wildman–Crippen LogP) is 3.93. The molecule has 1 aromatic rings. The fourth-order valence-corrected chi connectivity index (χ4v) is 2.71. The molecule has 0 amide bonds. The molecule has 1 aromatic carbocycles. The summed E-state index contributed by atoms with van der Waals surface area (Å²) in [5.74, 6) is -1.05. The van der Waals surface area contributed by atoms with Gasteiger partial charge in [-0.2, -0.15) is 13.2 Å². The van der Waals surface area contributed by atoms with Crippen LogP contribution in [0.5, 0.6) is 0 Å². The molecule has 0 bridgehead atoms. The normalized spacial score (nSPS) is 24.6. The van der Waals surface area contributed by atoms with Crippen molar-refractivity contribution in [3.63, 3.8) is 0 Å². The van der Waals surface area contributed by atoms with Gasteiger partial charge in [-0.05, 0) is 25.1 Å². The molecule has 7 heteroatoms. The first kappa shape index (κ1) is 13.9. The minimum atomic E-state index is -4.56. The highest BCUT2D eigenvalue weighted by molar-refractivity contribution is 6.34. The zero-order valence-electron chi connectivity index (χ0n) is 9.04. The molecule has 1 nitrogen and oxygen atoms in total. The van der Waals surface area contributed by atoms with Gasteiger partial charge in [-0.1, -0.05) is 23.2 Å². The number of hydrogen-bond donors (Lipinski definition) is 1. The average molecular weight is 302 g/mol. The molecule has 0 radical (unpaired) electrons. The molecule has 1 fully saturated rings. The monoisotopic (exact) mass is 301 g/mol. The number of rotatable bonds is 1. The minimum Gasteiger partial charge on any atom is -0.315 e. The van der Waals surface area contributed by atoms with Gasteiger partial charge in [0, 0.05) is 17.1 Å². The SMILES string of the molecule is Fc1c(Cl)cc(Cl)cc1C1(C(F)(F)F)CCNC1. The van der Waals surface area contributed by atoms with Gasteiger partial charge in [0.1, 0.15) is 11.2 Å². The summed E-state index contributed by atoms with van der Waals surface area (Å²) in [5, 5.41) is 2.21. The Kier molecular flexibility index (Phi) is 3.51. The largest absolute Gasteiger partial charge is 0.399 e. The van der Waals surface area contributed by atoms with Crippen molar-refractivity contribution >= 4 is 23.2 Å². The number of halogens is 6. The Morgan fingerprint density at radius 1 is 1.22 bits per heavy atom. The van der Waals surface area contributed by atoms with Crippen LogP contribution in [0.3, 0.4) is 0 Å². The zero-order valence-corrected chi connectivity index (χ0v) is 10.6. The van der Waals surface area contributed by atoms with Gasteiger partial charge in [-0.3, -0.25) is 0 Å². The lowest BCUT2D eigenvalue weighted by Gasteiger charge is -2.32. The first-order valence-corrected chi connectivity index (χ1v) is 5.96. The second kappa shape index (κ2) is 4.54. The molecule has 0 aromatic heterocycles. The Hall–Kier alpha value is -0.520. The Morgan fingerprint density at radius 2 is 1.89 bits per heavy atom. The van der Waals surface area contributed by atoms with Crippen molar-refractivity contribution in [2.75, 3.05) is 13.1 Å². The number of hydrogen-bond acceptors (Lipinski definition) is 1. The van der Waals surface area contributed by atoms with Crippen LogP contribution in [0.15, 0.2) is 12.1 Å². The van der Waals surface area contributed by atoms with Gasteiger partial charge in [0.2, 0.25) is 0 Å². The van der Waals surface area contributed by atoms with Crippen molar-refractivity contribution in [2.24, 2.45) is 0 Å². The van der Waals surface area contributed by atoms with E-state index in [-0.39, 0.29) is 24.5 Å². The second-order valence-electron chi connectivity index (χ2n) is 4.26. The Bertz CT molecular complexity index is 467. The highest BCUT2D eigenvalue weighted by Gasteiger charge is 2.58. The molecule has 1 atom stereocenters. The van der Waals surface area contributed by atoms with Crippen LogP contribution in [0.4, 0.5) is 17.6 Å². The molecule has 1 saturated heterocycles. The summed E-state index contributed by atoms with van der Waals surface area (Å²) < 4.78 is 53.6. The molecule has 0 spiro atoms. The van der Waals surface area contributed by atoms with Crippen LogP contribution in [-0.4, -0.2) is 19.3 Å². The molecule has 18 heavy (non-hydrogen) atoms. The molecular weight excluding hydrogens is 293 g/mol. The maximum atomic E-state index is 13.9. The van der Waals surface area contributed by atoms with Gasteiger partial charge in [-0.25, -0.2) is 4.39 Å². The van der Waals surface area contributed by atoms with E-state index in [4.69, 9.17) is 23.2 Å². The third-order valence-electron chi connectivity index (χ3n) is 3.21. The molecule has 0 aliphatic carbocycles. The third-order valence-corrected chi connectivity index (χ3v) is 3.70. The molecular formula is C11H9Cl2F4N. The van der Waals surface area contributed by atoms with Crippen molar-refractivity contribution in [2.45, 2.75) is 18.0 Å². The van der Waals surface area contributed by atoms with Gasteiger partial charge in [0.25, 0.3) is 0 Å². The molecule has 1 aliphatic heterocycles. The van der Waals surface area contributed by atoms with Crippen LogP contribution in [0.2, 0.25) is 10.0 Å². The van der Waals surface area contributed by atoms with E-state index in [1.54, 1.807) is 0 Å². The standard InChI is InChI=1S/C11H9Cl2F4N/c12-6-3-7(9(14)8(13)4-6)10(11(15,16)17)1-2-18-5-10/h3-4,18H,1-2,5H2. The first-order valence-electron chi connectivity index (χ1n) is 5.20. The summed E-state index contributed by atoms with van der Waals surface area (Å²) in [6.07, 6.45) is -4.80. The van der Waals surface area contributed by atoms with Crippen molar-refractivity contribution in [3.8, 4) is 0 Å². The van der Waals surface area contributed by atoms with E-state index in [0.29, 0.717) is 0 Å². The number of benzene rings is 1. The number of alkyl halides is 3. The lowest BCUT2D eigenvalue weighted by Crippen LogP contribution is -2.45. The van der Waals surface area contributed by atoms with E-state index in [0.717, 1.165) is 12.1 Å². The average Bonchev–Trinajstić information content (AvgIpc) is 2.72. The highest BCUT2D eigenvalue weighted by atomic mass is 35.5. The fraction of sp³-hybridized carbons (Fsp3) is 0.455. The van der Waals surface area contributed by atoms with Gasteiger partial charge in [-0.15, -0.1) is 0 Å². The van der Waals surface area contributed by atoms with E-state index in [9.17, 15) is 17.6 Å². The van der Waals surface area contributed by atoms with E-state index in [2.05, 4.69) is 5.32 Å². The Labute approximate surface area is 111 Å². The molecule has 0 saturated carbocycles. The van der Waals surface area contributed by atoms with E-state index < -0.39 is 28.0 Å². The Balaban J connectivity index is 2.64. The summed E-state index contributed by atoms with van der Waals surface area (Å²) >= 11 is 11.2. The summed E-state index contributed by atoms with van der Waals surface area (Å²) in [6, 6.07) is 2.09. The molecule has 1 N–H and O–H groups in total. The van der Waals surface area contributed by atoms with Gasteiger partial charge in [0.15, 0.2) is 0 Å². The van der Waals surface area contributed by atoms with Crippen LogP contribution >= 0.6 is 23.2 Å². The second-order valence-corrected chi connectivity index (χ2v) is 5.10. The lowest BCUT2D eigenvalue weighted by molar-refractivity contribution is -0.185. The van der Waals surface area contributed by atoms with Crippen molar-refractivity contribution in [3.05, 3.63) is 33.6 Å². The van der Waals surface area contributed by atoms with Gasteiger partial charge in [0.05, 0.1) is 5.02 Å². The maximum absolute atomic E-state index is 13.9. The van der Waals surface area contributed by atoms with Crippen LogP contribution < -0.4 is 5.32 Å². The van der Waals surface area contributed by atoms with E-state index in [1.807, 2.05) is 0 Å². The summed E-state index contributed by atoms with van der Waals surface area (Å²) in [6.45, 7) is -0.201. The van der Waals surface area contributed by atoms with Crippen molar-refractivity contribution in [1.82, 2.24) is 5.32 Å². The van der Waals surface area contributed by atoms with Crippen LogP contribution in [0, 0.1) is 5.82 Å². The summed E-state index contributed by atoms with van der Waals surface area (Å²) in [4.78, 5) is 0. The summed E-state index contributed by atoms with van der Waals surface area (Å²) in [5.41, 5.74) is -2.75. The third kappa shape index (κ3) is 2.08. The highest BCUT2D eigenvalue weighted by Crippen LogP contribution is 2.47. The minimum absolute atomic E-state index is 0.00748. The topological polar surface area (TPSA) is 12.0 Å². The molecule has 1 aliphatic rings.